The van der Waals surface area contributed by atoms with E-state index in [0.29, 0.717) is 63.1 Å². The number of carbonyl (C=O) groups excluding carboxylic acids is 2. The largest absolute Gasteiger partial charge is 0.511 e. The Hall–Kier alpha value is -8.52. The number of amides is 2. The molecular formula is C78H92N10O4. The molecule has 0 aromatic heterocycles. The predicted octanol–water partition coefficient (Wildman–Crippen LogP) is 16.4. The van der Waals surface area contributed by atoms with Crippen LogP contribution in [0.15, 0.2) is 238 Å². The van der Waals surface area contributed by atoms with Crippen molar-refractivity contribution in [1.29, 1.82) is 0 Å². The molecule has 92 heavy (non-hydrogen) atoms. The number of aliphatic hydroxyl groups excluding tert-OH is 2. The highest BCUT2D eigenvalue weighted by molar-refractivity contribution is 6.23. The summed E-state index contributed by atoms with van der Waals surface area (Å²) in [7, 11) is 0. The average molecular weight is 1230 g/mol. The first-order chi connectivity index (χ1) is 44.4. The van der Waals surface area contributed by atoms with Crippen LogP contribution in [0.25, 0.3) is 0 Å². The smallest absolute Gasteiger partial charge is 0.220 e. The van der Waals surface area contributed by atoms with Gasteiger partial charge in [0.1, 0.15) is 11.5 Å². The Kier molecular flexibility index (Phi) is 18.4. The van der Waals surface area contributed by atoms with E-state index in [2.05, 4.69) is 126 Å². The first-order valence-electron chi connectivity index (χ1n) is 34.1. The fraction of sp³-hybridized carbons (Fsp3) is 0.436. The topological polar surface area (TPSA) is 197 Å². The van der Waals surface area contributed by atoms with Crippen molar-refractivity contribution < 1.29 is 19.8 Å². The molecule has 12 aliphatic rings. The van der Waals surface area contributed by atoms with Crippen LogP contribution in [0.3, 0.4) is 0 Å². The number of hydrogen-bond donors (Lipinski definition) is 6. The fourth-order valence-electron chi connectivity index (χ4n) is 15.6. The van der Waals surface area contributed by atoms with E-state index in [9.17, 15) is 19.8 Å². The van der Waals surface area contributed by atoms with Crippen LogP contribution in [-0.4, -0.2) is 69.4 Å². The van der Waals surface area contributed by atoms with Crippen LogP contribution < -0.4 is 21.3 Å². The number of carbonyl (C=O) groups is 2. The monoisotopic (exact) mass is 1230 g/mol. The number of unbranched alkanes of at least 4 members (excludes halogenated alkanes) is 9. The van der Waals surface area contributed by atoms with Crippen LogP contribution in [0.1, 0.15) is 185 Å². The normalized spacial score (nSPS) is 23.7. The van der Waals surface area contributed by atoms with Crippen LogP contribution >= 0.6 is 0 Å². The van der Waals surface area contributed by atoms with Gasteiger partial charge in [-0.25, -0.2) is 30.0 Å². The second-order valence-corrected chi connectivity index (χ2v) is 26.8. The van der Waals surface area contributed by atoms with Gasteiger partial charge >= 0.3 is 0 Å². The zero-order valence-electron chi connectivity index (χ0n) is 55.9. The van der Waals surface area contributed by atoms with E-state index in [1.54, 1.807) is 0 Å². The summed E-state index contributed by atoms with van der Waals surface area (Å²) >= 11 is 0. The van der Waals surface area contributed by atoms with Crippen molar-refractivity contribution in [2.24, 2.45) is 53.6 Å². The summed E-state index contributed by atoms with van der Waals surface area (Å²) in [6, 6.07) is 0. The second kappa shape index (κ2) is 26.6. The van der Waals surface area contributed by atoms with Gasteiger partial charge in [0.05, 0.1) is 68.5 Å². The average Bonchev–Trinajstić information content (AvgIpc) is 1.63. The van der Waals surface area contributed by atoms with Gasteiger partial charge in [0.25, 0.3) is 0 Å². The van der Waals surface area contributed by atoms with Crippen molar-refractivity contribution >= 4 is 46.1 Å². The molecule has 0 radical (unpaired) electrons. The van der Waals surface area contributed by atoms with Crippen molar-refractivity contribution in [2.45, 2.75) is 185 Å². The molecule has 12 rings (SSSR count). The van der Waals surface area contributed by atoms with Gasteiger partial charge in [-0.05, 0) is 161 Å². The standard InChI is InChI=1S/C78H92N10O4/c1-13-49-41(5)57-35-61-45(9)53(75(85-61)55-33-69(89)73-47(11)63(87-77(55)73)39-67-51(15-3)43(7)59(83-67)37-65(49)81-57)27-29-71(91)79-31-25-23-21-19-17-18-20-22-24-26-32-80-72(92)30-28-54-46(10)62-36-58-42(6)50(14-2)66(82-58)38-60-44(8)52(16-4)68(84-60)40-64-48(12)74-70(90)34-56(76(54)86-62)78(74)88-64/h13-14,35-40,45-46,53-54,85-86,89-90H,1-2,15-34H2,3-12H3,(H,79,91)(H,80,92)/t45-,46-,53-,54-/m0/s1. The Morgan fingerprint density at radius 2 is 0.859 bits per heavy atom. The number of rotatable bonds is 23. The van der Waals surface area contributed by atoms with E-state index in [0.717, 1.165) is 209 Å². The van der Waals surface area contributed by atoms with Gasteiger partial charge in [-0.15, -0.1) is 0 Å². The first kappa shape index (κ1) is 63.6. The van der Waals surface area contributed by atoms with Crippen molar-refractivity contribution in [2.75, 3.05) is 13.1 Å². The lowest BCUT2D eigenvalue weighted by Gasteiger charge is -2.18. The van der Waals surface area contributed by atoms with Gasteiger partial charge in [0.15, 0.2) is 0 Å². The summed E-state index contributed by atoms with van der Waals surface area (Å²) in [6.07, 6.45) is 32.1. The van der Waals surface area contributed by atoms with Gasteiger partial charge in [0.2, 0.25) is 11.8 Å². The van der Waals surface area contributed by atoms with Gasteiger partial charge in [-0.1, -0.05) is 104 Å². The van der Waals surface area contributed by atoms with Crippen LogP contribution in [-0.2, 0) is 9.59 Å². The lowest BCUT2D eigenvalue weighted by molar-refractivity contribution is -0.122. The summed E-state index contributed by atoms with van der Waals surface area (Å²) in [5, 5.41) is 37.2. The molecule has 2 fully saturated rings. The molecule has 0 unspecified atom stereocenters. The van der Waals surface area contributed by atoms with Crippen LogP contribution in [0.2, 0.25) is 0 Å². The SMILES string of the molecule is C=CC1=C(C)C2=NC1=CC1=NC(=CC3=C(C)C4=C(O)CC(=C5NC(=C2)[C@@H](C)[C@@H]5CCC(=O)NCCCCCCCCCCCCNC(=O)CC[C@@H]2C5=C6CC(O)=C7C6=NC(=C7C)C=C6N=C(C=C7N=C(C=C(N5)[C@H]2C)C(C)=C7C=C)C(C)=C6CC)C4=N3)C(CC)=C1C. The molecule has 478 valence electrons. The molecule has 4 atom stereocenters. The first-order valence-corrected chi connectivity index (χ1v) is 34.1. The molecule has 14 nitrogen and oxygen atoms in total. The van der Waals surface area contributed by atoms with Gasteiger partial charge in [0, 0.05) is 119 Å². The lowest BCUT2D eigenvalue weighted by Crippen LogP contribution is -2.25. The van der Waals surface area contributed by atoms with Crippen molar-refractivity contribution in [1.82, 2.24) is 21.3 Å². The Morgan fingerprint density at radius 3 is 1.23 bits per heavy atom. The Balaban J connectivity index is 0.579. The molecule has 0 aromatic rings. The molecule has 2 saturated heterocycles. The zero-order valence-corrected chi connectivity index (χ0v) is 55.9. The Labute approximate surface area is 544 Å². The number of aliphatic hydroxyl groups is 2. The molecular weight excluding hydrogens is 1140 g/mol. The van der Waals surface area contributed by atoms with E-state index in [1.807, 2.05) is 26.0 Å². The molecule has 10 heterocycles. The number of allylic oxidation sites excluding steroid dienone is 24. The van der Waals surface area contributed by atoms with Crippen LogP contribution in [0, 0.1) is 23.7 Å². The molecule has 10 aliphatic heterocycles. The Morgan fingerprint density at radius 1 is 0.500 bits per heavy atom. The molecule has 0 spiro atoms. The van der Waals surface area contributed by atoms with Gasteiger partial charge in [-0.3, -0.25) is 9.59 Å². The summed E-state index contributed by atoms with van der Waals surface area (Å²) in [4.78, 5) is 58.1. The maximum Gasteiger partial charge on any atom is 0.220 e. The highest BCUT2D eigenvalue weighted by atomic mass is 16.3. The number of nitrogens with one attached hydrogen (secondary N) is 4. The number of hydrogen-bond acceptors (Lipinski definition) is 12. The van der Waals surface area contributed by atoms with E-state index >= 15 is 0 Å². The zero-order chi connectivity index (χ0) is 64.8. The van der Waals surface area contributed by atoms with E-state index in [-0.39, 0.29) is 35.5 Å². The highest BCUT2D eigenvalue weighted by Crippen LogP contribution is 2.49. The molecule has 14 heteroatoms. The maximum atomic E-state index is 13.5. The van der Waals surface area contributed by atoms with Crippen molar-refractivity contribution in [3.63, 3.8) is 0 Å². The lowest BCUT2D eigenvalue weighted by atomic mass is 9.86. The maximum absolute atomic E-state index is 13.5. The molecule has 2 aliphatic carbocycles. The summed E-state index contributed by atoms with van der Waals surface area (Å²) < 4.78 is 0. The third-order valence-corrected chi connectivity index (χ3v) is 21.2. The van der Waals surface area contributed by atoms with Gasteiger partial charge < -0.3 is 31.5 Å². The molecule has 6 N–H and O–H groups in total. The van der Waals surface area contributed by atoms with Crippen molar-refractivity contribution in [3.05, 3.63) is 208 Å². The molecule has 0 aromatic carbocycles. The van der Waals surface area contributed by atoms with E-state index in [1.165, 1.54) is 36.8 Å². The summed E-state index contributed by atoms with van der Waals surface area (Å²) in [5.41, 5.74) is 28.6. The third kappa shape index (κ3) is 11.9. The third-order valence-electron chi connectivity index (χ3n) is 21.2. The molecule has 16 bridgehead atoms. The molecule has 0 saturated carbocycles. The fourth-order valence-corrected chi connectivity index (χ4v) is 15.6. The summed E-state index contributed by atoms with van der Waals surface area (Å²) in [5.74, 6) is 0.976. The number of fused-ring (bicyclic) bond motifs is 10. The minimum atomic E-state index is 0.0160. The van der Waals surface area contributed by atoms with Crippen LogP contribution in [0.4, 0.5) is 0 Å². The van der Waals surface area contributed by atoms with E-state index < -0.39 is 0 Å². The predicted molar refractivity (Wildman–Crippen MR) is 375 cm³/mol. The minimum Gasteiger partial charge on any atom is -0.511 e. The highest BCUT2D eigenvalue weighted by Gasteiger charge is 2.44. The van der Waals surface area contributed by atoms with Gasteiger partial charge in [-0.2, -0.15) is 0 Å². The minimum absolute atomic E-state index is 0.0160. The number of nitrogens with zero attached hydrogens (tertiary/aromatic N) is 6. The second-order valence-electron chi connectivity index (χ2n) is 26.8. The summed E-state index contributed by atoms with van der Waals surface area (Å²) in [6.45, 7) is 31.0. The Bertz CT molecular complexity index is 3820. The number of aliphatic imine (C=N–C) groups is 6. The van der Waals surface area contributed by atoms with Crippen LogP contribution in [0.5, 0.6) is 0 Å². The van der Waals surface area contributed by atoms with Crippen molar-refractivity contribution in [3.8, 4) is 0 Å². The van der Waals surface area contributed by atoms with E-state index in [4.69, 9.17) is 30.0 Å². The molecule has 2 amide bonds. The quantitative estimate of drug-likeness (QED) is 0.0550.